The van der Waals surface area contributed by atoms with Gasteiger partial charge in [0, 0.05) is 3.57 Å². The van der Waals surface area contributed by atoms with E-state index in [4.69, 9.17) is 0 Å². The fraction of sp³-hybridized carbons (Fsp3) is 0.250. The number of rotatable bonds is 3. The first-order chi connectivity index (χ1) is 9.84. The van der Waals surface area contributed by atoms with Crippen LogP contribution in [0.25, 0.3) is 0 Å². The van der Waals surface area contributed by atoms with E-state index in [0.29, 0.717) is 5.56 Å². The maximum absolute atomic E-state index is 12.8. The lowest BCUT2D eigenvalue weighted by Crippen LogP contribution is -2.20. The molecule has 21 heavy (non-hydrogen) atoms. The lowest BCUT2D eigenvalue weighted by atomic mass is 9.93. The zero-order chi connectivity index (χ0) is 15.6. The smallest absolute Gasteiger partial charge is 0.309 e. The van der Waals surface area contributed by atoms with Crippen LogP contribution in [0.4, 0.5) is 13.2 Å². The average molecular weight is 405 g/mol. The molecular formula is C16H15F3IN. The van der Waals surface area contributed by atoms with Crippen molar-refractivity contribution >= 4 is 22.6 Å². The highest BCUT2D eigenvalue weighted by Gasteiger charge is 2.31. The Hall–Kier alpha value is -1.08. The predicted octanol–water partition coefficient (Wildman–Crippen LogP) is 4.93. The monoisotopic (exact) mass is 405 g/mol. The molecule has 0 saturated heterocycles. The molecule has 2 aromatic rings. The number of hydrogen-bond donors (Lipinski definition) is 1. The standard InChI is InChI=1S/C16H15F3IN/c1-10-9-11(16(17,18)19)7-8-12(10)15(21-2)13-5-3-4-6-14(13)20/h3-9,15,21H,1-2H3. The molecule has 2 rings (SSSR count). The van der Waals surface area contributed by atoms with Crippen LogP contribution >= 0.6 is 22.6 Å². The lowest BCUT2D eigenvalue weighted by molar-refractivity contribution is -0.137. The maximum Gasteiger partial charge on any atom is 0.416 e. The summed E-state index contributed by atoms with van der Waals surface area (Å²) in [4.78, 5) is 0. The van der Waals surface area contributed by atoms with Gasteiger partial charge in [0.05, 0.1) is 11.6 Å². The van der Waals surface area contributed by atoms with E-state index >= 15 is 0 Å². The molecule has 1 atom stereocenters. The van der Waals surface area contributed by atoms with E-state index in [1.165, 1.54) is 6.07 Å². The van der Waals surface area contributed by atoms with Gasteiger partial charge in [-0.2, -0.15) is 13.2 Å². The summed E-state index contributed by atoms with van der Waals surface area (Å²) < 4.78 is 39.3. The molecule has 0 aromatic heterocycles. The number of hydrogen-bond acceptors (Lipinski definition) is 1. The van der Waals surface area contributed by atoms with Crippen LogP contribution in [0.5, 0.6) is 0 Å². The fourth-order valence-electron chi connectivity index (χ4n) is 2.36. The molecule has 0 aliphatic rings. The number of halogens is 4. The van der Waals surface area contributed by atoms with Gasteiger partial charge in [0.1, 0.15) is 0 Å². The molecule has 112 valence electrons. The summed E-state index contributed by atoms with van der Waals surface area (Å²) in [6.45, 7) is 1.71. The van der Waals surface area contributed by atoms with Gasteiger partial charge in [-0.05, 0) is 71.5 Å². The van der Waals surface area contributed by atoms with Gasteiger partial charge >= 0.3 is 6.18 Å². The normalized spacial score (nSPS) is 13.2. The molecule has 0 radical (unpaired) electrons. The van der Waals surface area contributed by atoms with Crippen LogP contribution in [0, 0.1) is 10.5 Å². The van der Waals surface area contributed by atoms with Crippen LogP contribution in [0.3, 0.4) is 0 Å². The molecule has 1 unspecified atom stereocenters. The maximum atomic E-state index is 12.8. The van der Waals surface area contributed by atoms with Gasteiger partial charge < -0.3 is 5.32 Å². The van der Waals surface area contributed by atoms with Crippen LogP contribution in [0.1, 0.15) is 28.3 Å². The molecule has 0 heterocycles. The molecule has 0 spiro atoms. The van der Waals surface area contributed by atoms with E-state index in [1.54, 1.807) is 13.0 Å². The summed E-state index contributed by atoms with van der Waals surface area (Å²) in [5.41, 5.74) is 1.93. The van der Waals surface area contributed by atoms with Crippen molar-refractivity contribution in [3.63, 3.8) is 0 Å². The van der Waals surface area contributed by atoms with Crippen molar-refractivity contribution in [2.45, 2.75) is 19.1 Å². The summed E-state index contributed by atoms with van der Waals surface area (Å²) in [5, 5.41) is 3.19. The molecule has 0 bridgehead atoms. The topological polar surface area (TPSA) is 12.0 Å². The Bertz CT molecular complexity index is 638. The van der Waals surface area contributed by atoms with Gasteiger partial charge in [0.2, 0.25) is 0 Å². The van der Waals surface area contributed by atoms with Crippen LogP contribution < -0.4 is 5.32 Å². The third-order valence-corrected chi connectivity index (χ3v) is 4.40. The van der Waals surface area contributed by atoms with Crippen molar-refractivity contribution in [2.75, 3.05) is 7.05 Å². The molecule has 5 heteroatoms. The highest BCUT2D eigenvalue weighted by atomic mass is 127. The second-order valence-electron chi connectivity index (χ2n) is 4.81. The second kappa shape index (κ2) is 6.36. The Labute approximate surface area is 135 Å². The van der Waals surface area contributed by atoms with E-state index in [1.807, 2.05) is 31.3 Å². The van der Waals surface area contributed by atoms with E-state index in [-0.39, 0.29) is 6.04 Å². The van der Waals surface area contributed by atoms with Crippen LogP contribution in [0.2, 0.25) is 0 Å². The molecule has 1 N–H and O–H groups in total. The van der Waals surface area contributed by atoms with Crippen molar-refractivity contribution in [3.8, 4) is 0 Å². The number of nitrogens with one attached hydrogen (secondary N) is 1. The summed E-state index contributed by atoms with van der Waals surface area (Å²) in [5.74, 6) is 0. The van der Waals surface area contributed by atoms with Crippen LogP contribution in [-0.4, -0.2) is 7.05 Å². The van der Waals surface area contributed by atoms with Gasteiger partial charge in [0.15, 0.2) is 0 Å². The van der Waals surface area contributed by atoms with E-state index in [9.17, 15) is 13.2 Å². The Morgan fingerprint density at radius 3 is 2.24 bits per heavy atom. The lowest BCUT2D eigenvalue weighted by Gasteiger charge is -2.21. The molecule has 0 aliphatic carbocycles. The SMILES string of the molecule is CNC(c1ccc(C(F)(F)F)cc1C)c1ccccc1I. The summed E-state index contributed by atoms with van der Waals surface area (Å²) in [6.07, 6.45) is -4.31. The third-order valence-electron chi connectivity index (χ3n) is 3.41. The Balaban J connectivity index is 2.47. The summed E-state index contributed by atoms with van der Waals surface area (Å²) >= 11 is 2.24. The minimum Gasteiger partial charge on any atom is -0.309 e. The van der Waals surface area contributed by atoms with Crippen molar-refractivity contribution in [1.29, 1.82) is 0 Å². The molecular weight excluding hydrogens is 390 g/mol. The summed E-state index contributed by atoms with van der Waals surface area (Å²) in [6, 6.07) is 11.6. The van der Waals surface area contributed by atoms with Crippen molar-refractivity contribution in [2.24, 2.45) is 0 Å². The van der Waals surface area contributed by atoms with Crippen LogP contribution in [0.15, 0.2) is 42.5 Å². The molecule has 2 aromatic carbocycles. The number of aryl methyl sites for hydroxylation is 1. The Kier molecular flexibility index (Phi) is 4.93. The minimum absolute atomic E-state index is 0.125. The largest absolute Gasteiger partial charge is 0.416 e. The van der Waals surface area contributed by atoms with Gasteiger partial charge in [-0.25, -0.2) is 0 Å². The molecule has 0 amide bonds. The molecule has 1 nitrogen and oxygen atoms in total. The van der Waals surface area contributed by atoms with E-state index < -0.39 is 11.7 Å². The van der Waals surface area contributed by atoms with Crippen molar-refractivity contribution in [3.05, 3.63) is 68.3 Å². The van der Waals surface area contributed by atoms with Gasteiger partial charge in [-0.15, -0.1) is 0 Å². The highest BCUT2D eigenvalue weighted by Crippen LogP contribution is 2.33. The predicted molar refractivity (Wildman–Crippen MR) is 86.2 cm³/mol. The number of benzene rings is 2. The zero-order valence-electron chi connectivity index (χ0n) is 11.6. The zero-order valence-corrected chi connectivity index (χ0v) is 13.8. The molecule has 0 saturated carbocycles. The fourth-order valence-corrected chi connectivity index (χ4v) is 3.06. The third kappa shape index (κ3) is 3.58. The first-order valence-electron chi connectivity index (χ1n) is 6.44. The molecule has 0 fully saturated rings. The quantitative estimate of drug-likeness (QED) is 0.715. The van der Waals surface area contributed by atoms with E-state index in [0.717, 1.165) is 20.8 Å². The van der Waals surface area contributed by atoms with Gasteiger partial charge in [-0.1, -0.05) is 24.3 Å². The summed E-state index contributed by atoms with van der Waals surface area (Å²) in [7, 11) is 1.81. The first-order valence-corrected chi connectivity index (χ1v) is 7.52. The second-order valence-corrected chi connectivity index (χ2v) is 5.97. The van der Waals surface area contributed by atoms with E-state index in [2.05, 4.69) is 27.9 Å². The van der Waals surface area contributed by atoms with Crippen molar-refractivity contribution in [1.82, 2.24) is 5.32 Å². The average Bonchev–Trinajstić information content (AvgIpc) is 2.42. The number of alkyl halides is 3. The Morgan fingerprint density at radius 2 is 1.71 bits per heavy atom. The molecule has 0 aliphatic heterocycles. The van der Waals surface area contributed by atoms with Gasteiger partial charge in [-0.3, -0.25) is 0 Å². The minimum atomic E-state index is -4.31. The van der Waals surface area contributed by atoms with Gasteiger partial charge in [0.25, 0.3) is 0 Å². The highest BCUT2D eigenvalue weighted by molar-refractivity contribution is 14.1. The first kappa shape index (κ1) is 16.3. The van der Waals surface area contributed by atoms with Crippen LogP contribution in [-0.2, 0) is 6.18 Å². The Morgan fingerprint density at radius 1 is 1.05 bits per heavy atom. The van der Waals surface area contributed by atoms with Crippen molar-refractivity contribution < 1.29 is 13.2 Å².